The van der Waals surface area contributed by atoms with Crippen molar-refractivity contribution in [3.05, 3.63) is 194 Å². The predicted molar refractivity (Wildman–Crippen MR) is 229 cm³/mol. The number of nitrogens with zero attached hydrogens (tertiary/aromatic N) is 4. The average molecular weight is 721 g/mol. The first-order valence-electron chi connectivity index (χ1n) is 18.3. The average Bonchev–Trinajstić information content (AvgIpc) is 3.66. The molecule has 0 atom stereocenters. The van der Waals surface area contributed by atoms with Crippen molar-refractivity contribution in [2.24, 2.45) is 0 Å². The molecule has 0 fully saturated rings. The number of thiophene rings is 1. The summed E-state index contributed by atoms with van der Waals surface area (Å²) in [5.41, 5.74) is 13.3. The van der Waals surface area contributed by atoms with Gasteiger partial charge in [0, 0.05) is 37.9 Å². The van der Waals surface area contributed by atoms with Crippen LogP contribution in [0.15, 0.2) is 194 Å². The second-order valence-corrected chi connectivity index (χ2v) is 14.5. The molecule has 0 radical (unpaired) electrons. The Morgan fingerprint density at radius 2 is 0.764 bits per heavy atom. The second kappa shape index (κ2) is 14.0. The van der Waals surface area contributed by atoms with Gasteiger partial charge in [-0.1, -0.05) is 164 Å². The fraction of sp³-hybridized carbons (Fsp3) is 0. The number of rotatable bonds is 7. The van der Waals surface area contributed by atoms with E-state index in [1.807, 2.05) is 42.5 Å². The largest absolute Gasteiger partial charge is 0.228 e. The van der Waals surface area contributed by atoms with Crippen molar-refractivity contribution in [2.75, 3.05) is 0 Å². The van der Waals surface area contributed by atoms with Crippen molar-refractivity contribution in [1.82, 2.24) is 19.9 Å². The fourth-order valence-corrected chi connectivity index (χ4v) is 8.31. The Labute approximate surface area is 323 Å². The molecule has 55 heavy (non-hydrogen) atoms. The molecule has 258 valence electrons. The first-order valence-corrected chi connectivity index (χ1v) is 19.1. The van der Waals surface area contributed by atoms with Crippen LogP contribution in [0.4, 0.5) is 0 Å². The molecule has 0 bridgehead atoms. The van der Waals surface area contributed by atoms with Gasteiger partial charge in [-0.2, -0.15) is 0 Å². The van der Waals surface area contributed by atoms with Crippen molar-refractivity contribution >= 4 is 31.6 Å². The zero-order valence-electron chi connectivity index (χ0n) is 29.7. The summed E-state index contributed by atoms with van der Waals surface area (Å²) in [6, 6.07) is 67.4. The number of hydrogen-bond donors (Lipinski definition) is 0. The van der Waals surface area contributed by atoms with Gasteiger partial charge >= 0.3 is 0 Å². The van der Waals surface area contributed by atoms with Crippen LogP contribution in [0.1, 0.15) is 0 Å². The third kappa shape index (κ3) is 6.37. The van der Waals surface area contributed by atoms with Crippen molar-refractivity contribution in [2.45, 2.75) is 0 Å². The Kier molecular flexibility index (Phi) is 8.32. The van der Waals surface area contributed by atoms with Crippen LogP contribution in [-0.4, -0.2) is 19.9 Å². The molecule has 10 rings (SSSR count). The molecular weight excluding hydrogens is 689 g/mol. The smallest absolute Gasteiger partial charge is 0.160 e. The summed E-state index contributed by atoms with van der Waals surface area (Å²) in [6.45, 7) is 0. The molecule has 0 N–H and O–H groups in total. The highest BCUT2D eigenvalue weighted by molar-refractivity contribution is 7.26. The van der Waals surface area contributed by atoms with Crippen LogP contribution in [0.5, 0.6) is 0 Å². The summed E-state index contributed by atoms with van der Waals surface area (Å²) in [5.74, 6) is 1.42. The molecule has 4 nitrogen and oxygen atoms in total. The summed E-state index contributed by atoms with van der Waals surface area (Å²) < 4.78 is 2.32. The molecule has 3 aromatic heterocycles. The van der Waals surface area contributed by atoms with Crippen LogP contribution in [0.2, 0.25) is 0 Å². The third-order valence-electron chi connectivity index (χ3n) is 9.90. The molecule has 0 unspecified atom stereocenters. The molecule has 5 heteroatoms. The molecule has 0 amide bonds. The summed E-state index contributed by atoms with van der Waals surface area (Å²) in [4.78, 5) is 20.5. The summed E-state index contributed by atoms with van der Waals surface area (Å²) >= 11 is 1.75. The van der Waals surface area contributed by atoms with E-state index in [0.29, 0.717) is 5.82 Å². The van der Waals surface area contributed by atoms with Gasteiger partial charge in [0.05, 0.1) is 27.3 Å². The topological polar surface area (TPSA) is 51.6 Å². The SMILES string of the molecule is c1ccc(-c2cc(-c3cccc(-c4cccc(-c5cccc(-c6nc(-c7ccccc7)c7sc8ccccc8c7n6)c5)c4)c3)nc(-c3ccccc3)n2)cc1. The van der Waals surface area contributed by atoms with Gasteiger partial charge in [0.15, 0.2) is 11.6 Å². The molecule has 0 aliphatic heterocycles. The predicted octanol–water partition coefficient (Wildman–Crippen LogP) is 13.3. The van der Waals surface area contributed by atoms with Crippen LogP contribution in [0, 0.1) is 0 Å². The first kappa shape index (κ1) is 32.6. The minimum absolute atomic E-state index is 0.704. The highest BCUT2D eigenvalue weighted by Crippen LogP contribution is 2.40. The maximum Gasteiger partial charge on any atom is 0.160 e. The lowest BCUT2D eigenvalue weighted by Crippen LogP contribution is -1.96. The molecule has 0 aliphatic rings. The molecule has 3 heterocycles. The Morgan fingerprint density at radius 1 is 0.309 bits per heavy atom. The zero-order valence-corrected chi connectivity index (χ0v) is 30.5. The summed E-state index contributed by atoms with van der Waals surface area (Å²) in [7, 11) is 0. The molecule has 7 aromatic carbocycles. The number of fused-ring (bicyclic) bond motifs is 3. The minimum atomic E-state index is 0.704. The van der Waals surface area contributed by atoms with Gasteiger partial charge in [-0.05, 0) is 52.6 Å². The zero-order chi connectivity index (χ0) is 36.6. The molecule has 0 spiro atoms. The number of hydrogen-bond acceptors (Lipinski definition) is 5. The quantitative estimate of drug-likeness (QED) is 0.164. The van der Waals surface area contributed by atoms with E-state index in [0.717, 1.165) is 88.6 Å². The van der Waals surface area contributed by atoms with Crippen LogP contribution in [-0.2, 0) is 0 Å². The highest BCUT2D eigenvalue weighted by Gasteiger charge is 2.17. The normalized spacial score (nSPS) is 11.3. The molecule has 0 saturated heterocycles. The van der Waals surface area contributed by atoms with Crippen LogP contribution >= 0.6 is 11.3 Å². The van der Waals surface area contributed by atoms with Gasteiger partial charge < -0.3 is 0 Å². The van der Waals surface area contributed by atoms with Gasteiger partial charge in [-0.25, -0.2) is 19.9 Å². The van der Waals surface area contributed by atoms with Gasteiger partial charge in [0.1, 0.15) is 0 Å². The van der Waals surface area contributed by atoms with Gasteiger partial charge in [-0.15, -0.1) is 11.3 Å². The van der Waals surface area contributed by atoms with E-state index in [2.05, 4.69) is 152 Å². The Bertz CT molecular complexity index is 2920. The lowest BCUT2D eigenvalue weighted by molar-refractivity contribution is 1.18. The van der Waals surface area contributed by atoms with E-state index < -0.39 is 0 Å². The van der Waals surface area contributed by atoms with E-state index in [1.165, 1.54) is 4.70 Å². The Morgan fingerprint density at radius 3 is 1.42 bits per heavy atom. The van der Waals surface area contributed by atoms with Gasteiger partial charge in [0.2, 0.25) is 0 Å². The van der Waals surface area contributed by atoms with Crippen molar-refractivity contribution in [3.63, 3.8) is 0 Å². The molecular formula is C50H32N4S. The van der Waals surface area contributed by atoms with Crippen LogP contribution < -0.4 is 0 Å². The van der Waals surface area contributed by atoms with E-state index in [-0.39, 0.29) is 0 Å². The summed E-state index contributed by atoms with van der Waals surface area (Å²) in [5, 5.41) is 1.16. The number of aromatic nitrogens is 4. The van der Waals surface area contributed by atoms with E-state index in [1.54, 1.807) is 11.3 Å². The fourth-order valence-electron chi connectivity index (χ4n) is 7.15. The third-order valence-corrected chi connectivity index (χ3v) is 11.1. The molecule has 0 aliphatic carbocycles. The lowest BCUT2D eigenvalue weighted by Gasteiger charge is -2.12. The van der Waals surface area contributed by atoms with E-state index in [4.69, 9.17) is 19.9 Å². The van der Waals surface area contributed by atoms with Crippen LogP contribution in [0.3, 0.4) is 0 Å². The highest BCUT2D eigenvalue weighted by atomic mass is 32.1. The standard InChI is InChI=1S/C50H32N4S/c1-4-15-33(16-5-1)43-32-44(52-49(51-43)35-19-8-3-9-20-35)40-25-13-23-38(30-40)36-21-12-22-37(29-36)39-24-14-26-41(31-39)50-53-46(34-17-6-2-7-18-34)48-47(54-50)42-27-10-11-28-45(42)55-48/h1-32H. The second-order valence-electron chi connectivity index (χ2n) is 13.5. The molecule has 0 saturated carbocycles. The Balaban J connectivity index is 1.03. The van der Waals surface area contributed by atoms with E-state index in [9.17, 15) is 0 Å². The molecule has 10 aromatic rings. The lowest BCUT2D eigenvalue weighted by atomic mass is 9.96. The van der Waals surface area contributed by atoms with Gasteiger partial charge in [0.25, 0.3) is 0 Å². The first-order chi connectivity index (χ1) is 27.2. The van der Waals surface area contributed by atoms with E-state index >= 15 is 0 Å². The maximum absolute atomic E-state index is 5.21. The monoisotopic (exact) mass is 720 g/mol. The number of benzene rings is 7. The van der Waals surface area contributed by atoms with Crippen LogP contribution in [0.25, 0.3) is 99.1 Å². The maximum atomic E-state index is 5.21. The minimum Gasteiger partial charge on any atom is -0.228 e. The van der Waals surface area contributed by atoms with Gasteiger partial charge in [-0.3, -0.25) is 0 Å². The summed E-state index contributed by atoms with van der Waals surface area (Å²) in [6.07, 6.45) is 0. The van der Waals surface area contributed by atoms with Crippen molar-refractivity contribution in [1.29, 1.82) is 0 Å². The van der Waals surface area contributed by atoms with Crippen molar-refractivity contribution < 1.29 is 0 Å². The Hall–Kier alpha value is -7.08. The van der Waals surface area contributed by atoms with Crippen molar-refractivity contribution in [3.8, 4) is 78.8 Å².